The van der Waals surface area contributed by atoms with Crippen LogP contribution in [0.15, 0.2) is 23.2 Å². The zero-order valence-corrected chi connectivity index (χ0v) is 17.5. The van der Waals surface area contributed by atoms with Gasteiger partial charge in [-0.2, -0.15) is 0 Å². The molecule has 1 amide bonds. The summed E-state index contributed by atoms with van der Waals surface area (Å²) in [5, 5.41) is 5.33. The summed E-state index contributed by atoms with van der Waals surface area (Å²) in [7, 11) is 2.05. The fourth-order valence-corrected chi connectivity index (χ4v) is 5.41. The van der Waals surface area contributed by atoms with E-state index in [0.717, 1.165) is 5.17 Å². The zero-order chi connectivity index (χ0) is 18.7. The van der Waals surface area contributed by atoms with Crippen LogP contribution in [0, 0.1) is 0 Å². The molecule has 0 radical (unpaired) electrons. The number of anilines is 1. The Labute approximate surface area is 169 Å². The van der Waals surface area contributed by atoms with E-state index in [2.05, 4.69) is 17.1 Å². The Bertz CT molecular complexity index is 671. The zero-order valence-electron chi connectivity index (χ0n) is 15.2. The number of amidine groups is 1. The van der Waals surface area contributed by atoms with Gasteiger partial charge in [-0.1, -0.05) is 61.1 Å². The molecule has 2 unspecified atom stereocenters. The lowest BCUT2D eigenvalue weighted by molar-refractivity contribution is -0.117. The number of nitrogens with one attached hydrogen (secondary N) is 1. The van der Waals surface area contributed by atoms with E-state index in [0.29, 0.717) is 33.4 Å². The van der Waals surface area contributed by atoms with E-state index >= 15 is 0 Å². The summed E-state index contributed by atoms with van der Waals surface area (Å²) in [5.41, 5.74) is 0.629. The summed E-state index contributed by atoms with van der Waals surface area (Å²) >= 11 is 13.8. The third-order valence-corrected chi connectivity index (χ3v) is 6.77. The molecule has 1 heterocycles. The van der Waals surface area contributed by atoms with Crippen LogP contribution in [0.3, 0.4) is 0 Å². The fourth-order valence-electron chi connectivity index (χ4n) is 3.60. The maximum atomic E-state index is 12.5. The predicted molar refractivity (Wildman–Crippen MR) is 113 cm³/mol. The van der Waals surface area contributed by atoms with Gasteiger partial charge in [-0.15, -0.1) is 0 Å². The van der Waals surface area contributed by atoms with E-state index in [-0.39, 0.29) is 11.9 Å². The second-order valence-electron chi connectivity index (χ2n) is 7.12. The molecule has 4 nitrogen and oxygen atoms in total. The van der Waals surface area contributed by atoms with E-state index in [1.165, 1.54) is 32.1 Å². The van der Waals surface area contributed by atoms with E-state index in [1.807, 2.05) is 7.05 Å². The first-order chi connectivity index (χ1) is 12.4. The number of carbonyl (C=O) groups excluding carboxylic acids is 1. The van der Waals surface area contributed by atoms with Crippen LogP contribution < -0.4 is 5.32 Å². The normalized spacial score (nSPS) is 25.7. The number of amides is 1. The van der Waals surface area contributed by atoms with E-state index < -0.39 is 0 Å². The minimum Gasteiger partial charge on any atom is -0.350 e. The lowest BCUT2D eigenvalue weighted by Gasteiger charge is -2.24. The van der Waals surface area contributed by atoms with Crippen LogP contribution >= 0.6 is 35.0 Å². The molecule has 1 N–H and O–H groups in total. The Morgan fingerprint density at radius 2 is 1.88 bits per heavy atom. The third kappa shape index (κ3) is 5.08. The number of hydrogen-bond acceptors (Lipinski definition) is 3. The van der Waals surface area contributed by atoms with Crippen LogP contribution in [0.25, 0.3) is 0 Å². The van der Waals surface area contributed by atoms with Crippen molar-refractivity contribution in [2.45, 2.75) is 62.8 Å². The first-order valence-electron chi connectivity index (χ1n) is 9.15. The van der Waals surface area contributed by atoms with Gasteiger partial charge in [-0.3, -0.25) is 9.79 Å². The molecular weight excluding hydrogens is 389 g/mol. The van der Waals surface area contributed by atoms with E-state index in [4.69, 9.17) is 28.2 Å². The molecule has 7 heteroatoms. The monoisotopic (exact) mass is 413 g/mol. The fraction of sp³-hybridized carbons (Fsp3) is 0.579. The molecule has 0 spiro atoms. The molecule has 1 saturated heterocycles. The highest BCUT2D eigenvalue weighted by Gasteiger charge is 2.36. The maximum absolute atomic E-state index is 12.5. The van der Waals surface area contributed by atoms with Crippen molar-refractivity contribution in [3.05, 3.63) is 28.2 Å². The van der Waals surface area contributed by atoms with Crippen molar-refractivity contribution in [2.24, 2.45) is 4.99 Å². The molecule has 2 aliphatic rings. The lowest BCUT2D eigenvalue weighted by atomic mass is 9.96. The van der Waals surface area contributed by atoms with Crippen molar-refractivity contribution in [3.63, 3.8) is 0 Å². The quantitative estimate of drug-likeness (QED) is 0.713. The maximum Gasteiger partial charge on any atom is 0.226 e. The summed E-state index contributed by atoms with van der Waals surface area (Å²) in [5.74, 6) is -0.0356. The van der Waals surface area contributed by atoms with Crippen LogP contribution in [0.1, 0.15) is 45.4 Å². The number of rotatable bonds is 4. The highest BCUT2D eigenvalue weighted by Crippen LogP contribution is 2.34. The SMILES string of the molecule is CC1SC(=NC2CCCCC2)N(C)C1CC(=O)Nc1cc(Cl)cc(Cl)c1. The van der Waals surface area contributed by atoms with Gasteiger partial charge in [0.05, 0.1) is 12.1 Å². The Kier molecular flexibility index (Phi) is 6.76. The van der Waals surface area contributed by atoms with Crippen molar-refractivity contribution >= 4 is 51.7 Å². The second kappa shape index (κ2) is 8.85. The molecule has 2 atom stereocenters. The standard InChI is InChI=1S/C19H25Cl2N3OS/c1-12-17(11-18(25)22-16-9-13(20)8-14(21)10-16)24(2)19(26-12)23-15-6-4-3-5-7-15/h8-10,12,15,17H,3-7,11H2,1-2H3,(H,22,25). The van der Waals surface area contributed by atoms with Gasteiger partial charge < -0.3 is 10.2 Å². The molecule has 1 aliphatic carbocycles. The number of benzene rings is 1. The van der Waals surface area contributed by atoms with Crippen LogP contribution in [0.2, 0.25) is 10.0 Å². The largest absolute Gasteiger partial charge is 0.350 e. The minimum absolute atomic E-state index is 0.0356. The van der Waals surface area contributed by atoms with Gasteiger partial charge in [0, 0.05) is 34.5 Å². The van der Waals surface area contributed by atoms with E-state index in [9.17, 15) is 4.79 Å². The molecule has 142 valence electrons. The number of hydrogen-bond donors (Lipinski definition) is 1. The molecule has 1 aromatic carbocycles. The van der Waals surface area contributed by atoms with Crippen molar-refractivity contribution in [1.82, 2.24) is 4.90 Å². The summed E-state index contributed by atoms with van der Waals surface area (Å²) in [6, 6.07) is 5.64. The number of aliphatic imine (C=N–C) groups is 1. The van der Waals surface area contributed by atoms with Gasteiger partial charge in [-0.25, -0.2) is 0 Å². The summed E-state index contributed by atoms with van der Waals surface area (Å²) in [6.07, 6.45) is 6.67. The average Bonchev–Trinajstić information content (AvgIpc) is 2.82. The van der Waals surface area contributed by atoms with Crippen molar-refractivity contribution in [3.8, 4) is 0 Å². The molecule has 26 heavy (non-hydrogen) atoms. The number of halogens is 2. The van der Waals surface area contributed by atoms with E-state index in [1.54, 1.807) is 30.0 Å². The summed E-state index contributed by atoms with van der Waals surface area (Å²) in [6.45, 7) is 2.17. The Hall–Kier alpha value is -0.910. The molecule has 0 bridgehead atoms. The minimum atomic E-state index is -0.0356. The smallest absolute Gasteiger partial charge is 0.226 e. The lowest BCUT2D eigenvalue weighted by Crippen LogP contribution is -2.36. The molecule has 3 rings (SSSR count). The van der Waals surface area contributed by atoms with Crippen LogP contribution in [-0.2, 0) is 4.79 Å². The highest BCUT2D eigenvalue weighted by molar-refractivity contribution is 8.14. The first kappa shape index (κ1) is 19.8. The molecule has 2 fully saturated rings. The van der Waals surface area contributed by atoms with Gasteiger partial charge in [0.25, 0.3) is 0 Å². The third-order valence-electron chi connectivity index (χ3n) is 5.04. The Morgan fingerprint density at radius 3 is 2.54 bits per heavy atom. The average molecular weight is 414 g/mol. The molecule has 1 saturated carbocycles. The van der Waals surface area contributed by atoms with Crippen LogP contribution in [0.5, 0.6) is 0 Å². The first-order valence-corrected chi connectivity index (χ1v) is 10.8. The highest BCUT2D eigenvalue weighted by atomic mass is 35.5. The van der Waals surface area contributed by atoms with Gasteiger partial charge in [0.1, 0.15) is 0 Å². The van der Waals surface area contributed by atoms with Gasteiger partial charge >= 0.3 is 0 Å². The topological polar surface area (TPSA) is 44.7 Å². The van der Waals surface area contributed by atoms with Crippen molar-refractivity contribution in [2.75, 3.05) is 12.4 Å². The van der Waals surface area contributed by atoms with Crippen molar-refractivity contribution in [1.29, 1.82) is 0 Å². The van der Waals surface area contributed by atoms with Crippen molar-refractivity contribution < 1.29 is 4.79 Å². The Morgan fingerprint density at radius 1 is 1.23 bits per heavy atom. The summed E-state index contributed by atoms with van der Waals surface area (Å²) < 4.78 is 0. The number of carbonyl (C=O) groups is 1. The molecular formula is C19H25Cl2N3OS. The second-order valence-corrected chi connectivity index (χ2v) is 9.33. The molecule has 1 aliphatic heterocycles. The molecule has 0 aromatic heterocycles. The van der Waals surface area contributed by atoms with Gasteiger partial charge in [0.2, 0.25) is 5.91 Å². The van der Waals surface area contributed by atoms with Gasteiger partial charge in [-0.05, 0) is 31.0 Å². The Balaban J connectivity index is 1.61. The summed E-state index contributed by atoms with van der Waals surface area (Å²) in [4.78, 5) is 19.7. The number of nitrogens with zero attached hydrogens (tertiary/aromatic N) is 2. The van der Waals surface area contributed by atoms with Gasteiger partial charge in [0.15, 0.2) is 5.17 Å². The van der Waals surface area contributed by atoms with Crippen LogP contribution in [0.4, 0.5) is 5.69 Å². The van der Waals surface area contributed by atoms with Crippen LogP contribution in [-0.4, -0.2) is 40.4 Å². The number of thioether (sulfide) groups is 1. The predicted octanol–water partition coefficient (Wildman–Crippen LogP) is 5.45. The molecule has 1 aromatic rings.